The van der Waals surface area contributed by atoms with Crippen molar-refractivity contribution in [3.63, 3.8) is 0 Å². The van der Waals surface area contributed by atoms with Crippen molar-refractivity contribution in [2.24, 2.45) is 0 Å². The third kappa shape index (κ3) is 3.47. The molecule has 0 aromatic heterocycles. The molecule has 1 aliphatic heterocycles. The van der Waals surface area contributed by atoms with Crippen LogP contribution in [0.2, 0.25) is 0 Å². The number of thiocarbonyl (C=S) groups is 1. The number of rotatable bonds is 2. The second-order valence-corrected chi connectivity index (χ2v) is 7.66. The maximum atomic E-state index is 11.5. The summed E-state index contributed by atoms with van der Waals surface area (Å²) in [4.78, 5) is 1.62. The Kier molecular flexibility index (Phi) is 4.31. The quantitative estimate of drug-likeness (QED) is 0.786. The van der Waals surface area contributed by atoms with Gasteiger partial charge < -0.3 is 15.3 Å². The van der Waals surface area contributed by atoms with Crippen LogP contribution in [0.4, 0.5) is 5.69 Å². The van der Waals surface area contributed by atoms with Gasteiger partial charge in [0.05, 0.1) is 23.7 Å². The normalized spacial score (nSPS) is 24.4. The van der Waals surface area contributed by atoms with E-state index < -0.39 is 22.0 Å². The molecular weight excluding hydrogens is 296 g/mol. The molecule has 1 saturated heterocycles. The maximum absolute atomic E-state index is 11.5. The molecule has 7 heteroatoms. The average Bonchev–Trinajstić information content (AvgIpc) is 2.64. The summed E-state index contributed by atoms with van der Waals surface area (Å²) in [6.07, 6.45) is -0.900. The lowest BCUT2D eigenvalue weighted by Gasteiger charge is -2.28. The second kappa shape index (κ2) is 5.67. The van der Waals surface area contributed by atoms with Crippen LogP contribution in [0.3, 0.4) is 0 Å². The van der Waals surface area contributed by atoms with Gasteiger partial charge in [-0.25, -0.2) is 8.42 Å². The summed E-state index contributed by atoms with van der Waals surface area (Å²) in [5.74, 6) is -0.268. The van der Waals surface area contributed by atoms with E-state index in [-0.39, 0.29) is 11.5 Å². The molecule has 1 heterocycles. The number of nitrogens with one attached hydrogen (secondary N) is 1. The number of nitrogens with zero attached hydrogens (tertiary/aromatic N) is 1. The molecule has 0 radical (unpaired) electrons. The number of aliphatic hydroxyl groups is 1. The monoisotopic (exact) mass is 314 g/mol. The number of aliphatic hydroxyl groups excluding tert-OH is 1. The standard InChI is InChI=1S/C13H18N2O3S2/c1-9-3-5-10(6-4-9)14-13(19)15(2)11-7-20(17,18)8-12(11)16/h3-6,11-12,16H,7-8H2,1-2H3,(H,14,19)/t11-,12-/m1/s1. The number of likely N-dealkylation sites (N-methyl/N-ethyl adjacent to an activating group) is 1. The van der Waals surface area contributed by atoms with Crippen LogP contribution in [0, 0.1) is 6.92 Å². The molecule has 110 valence electrons. The molecule has 2 N–H and O–H groups in total. The number of hydrogen-bond donors (Lipinski definition) is 2. The van der Waals surface area contributed by atoms with Crippen LogP contribution in [-0.2, 0) is 9.84 Å². The van der Waals surface area contributed by atoms with Crippen LogP contribution in [0.15, 0.2) is 24.3 Å². The molecule has 0 aliphatic carbocycles. The second-order valence-electron chi connectivity index (χ2n) is 5.12. The van der Waals surface area contributed by atoms with E-state index in [4.69, 9.17) is 12.2 Å². The number of benzene rings is 1. The minimum atomic E-state index is -3.18. The zero-order valence-electron chi connectivity index (χ0n) is 11.4. The number of hydrogen-bond acceptors (Lipinski definition) is 4. The van der Waals surface area contributed by atoms with Crippen molar-refractivity contribution < 1.29 is 13.5 Å². The first-order valence-corrected chi connectivity index (χ1v) is 8.50. The smallest absolute Gasteiger partial charge is 0.173 e. The van der Waals surface area contributed by atoms with Crippen molar-refractivity contribution in [1.82, 2.24) is 4.90 Å². The van der Waals surface area contributed by atoms with Gasteiger partial charge in [0.15, 0.2) is 14.9 Å². The maximum Gasteiger partial charge on any atom is 0.173 e. The zero-order valence-corrected chi connectivity index (χ0v) is 13.0. The fourth-order valence-corrected chi connectivity index (χ4v) is 4.28. The molecule has 0 bridgehead atoms. The summed E-state index contributed by atoms with van der Waals surface area (Å²) >= 11 is 5.26. The Balaban J connectivity index is 2.04. The van der Waals surface area contributed by atoms with E-state index in [0.29, 0.717) is 5.11 Å². The first-order valence-electron chi connectivity index (χ1n) is 6.27. The highest BCUT2D eigenvalue weighted by Crippen LogP contribution is 2.18. The molecule has 1 fully saturated rings. The van der Waals surface area contributed by atoms with Gasteiger partial charge in [-0.3, -0.25) is 0 Å². The van der Waals surface area contributed by atoms with Crippen LogP contribution >= 0.6 is 12.2 Å². The molecule has 5 nitrogen and oxygen atoms in total. The van der Waals surface area contributed by atoms with E-state index in [1.165, 1.54) is 0 Å². The van der Waals surface area contributed by atoms with Gasteiger partial charge in [0, 0.05) is 12.7 Å². The topological polar surface area (TPSA) is 69.6 Å². The lowest BCUT2D eigenvalue weighted by atomic mass is 10.2. The lowest BCUT2D eigenvalue weighted by Crippen LogP contribution is -2.45. The van der Waals surface area contributed by atoms with E-state index in [2.05, 4.69) is 5.32 Å². The highest BCUT2D eigenvalue weighted by atomic mass is 32.2. The number of sulfone groups is 1. The van der Waals surface area contributed by atoms with Gasteiger partial charge in [0.1, 0.15) is 0 Å². The zero-order chi connectivity index (χ0) is 14.9. The number of anilines is 1. The minimum Gasteiger partial charge on any atom is -0.390 e. The lowest BCUT2D eigenvalue weighted by molar-refractivity contribution is 0.134. The van der Waals surface area contributed by atoms with Crippen molar-refractivity contribution in [3.8, 4) is 0 Å². The average molecular weight is 314 g/mol. The molecule has 0 unspecified atom stereocenters. The molecule has 1 aromatic rings. The van der Waals surface area contributed by atoms with Crippen LogP contribution < -0.4 is 5.32 Å². The molecule has 0 amide bonds. The van der Waals surface area contributed by atoms with Crippen molar-refractivity contribution in [3.05, 3.63) is 29.8 Å². The molecule has 1 aromatic carbocycles. The fourth-order valence-electron chi connectivity index (χ4n) is 2.18. The van der Waals surface area contributed by atoms with Crippen molar-refractivity contribution in [2.75, 3.05) is 23.9 Å². The first kappa shape index (κ1) is 15.2. The van der Waals surface area contributed by atoms with E-state index >= 15 is 0 Å². The van der Waals surface area contributed by atoms with Crippen LogP contribution in [0.5, 0.6) is 0 Å². The summed E-state index contributed by atoms with van der Waals surface area (Å²) in [5, 5.41) is 13.3. The van der Waals surface area contributed by atoms with E-state index in [1.807, 2.05) is 31.2 Å². The molecule has 20 heavy (non-hydrogen) atoms. The van der Waals surface area contributed by atoms with Gasteiger partial charge in [-0.15, -0.1) is 0 Å². The number of aryl methyl sites for hydroxylation is 1. The Morgan fingerprint density at radius 2 is 1.95 bits per heavy atom. The predicted octanol–water partition coefficient (Wildman–Crippen LogP) is 0.782. The summed E-state index contributed by atoms with van der Waals surface area (Å²) in [7, 11) is -1.49. The van der Waals surface area contributed by atoms with Crippen LogP contribution in [0.25, 0.3) is 0 Å². The van der Waals surface area contributed by atoms with Crippen molar-refractivity contribution in [2.45, 2.75) is 19.1 Å². The van der Waals surface area contributed by atoms with Crippen LogP contribution in [-0.4, -0.2) is 54.2 Å². The summed E-state index contributed by atoms with van der Waals surface area (Å²) in [6, 6.07) is 7.22. The molecular formula is C13H18N2O3S2. The van der Waals surface area contributed by atoms with E-state index in [9.17, 15) is 13.5 Å². The molecule has 0 spiro atoms. The molecule has 2 atom stereocenters. The van der Waals surface area contributed by atoms with Gasteiger partial charge >= 0.3 is 0 Å². The highest BCUT2D eigenvalue weighted by molar-refractivity contribution is 7.91. The minimum absolute atomic E-state index is 0.0691. The first-order chi connectivity index (χ1) is 9.28. The van der Waals surface area contributed by atoms with Gasteiger partial charge in [-0.1, -0.05) is 17.7 Å². The summed E-state index contributed by atoms with van der Waals surface area (Å²) in [5.41, 5.74) is 1.98. The fraction of sp³-hybridized carbons (Fsp3) is 0.462. The van der Waals surface area contributed by atoms with Crippen molar-refractivity contribution in [1.29, 1.82) is 0 Å². The SMILES string of the molecule is Cc1ccc(NC(=S)N(C)[C@@H]2CS(=O)(=O)C[C@H]2O)cc1. The molecule has 1 aliphatic rings. The summed E-state index contributed by atoms with van der Waals surface area (Å²) < 4.78 is 23.0. The van der Waals surface area contributed by atoms with Crippen LogP contribution in [0.1, 0.15) is 5.56 Å². The largest absolute Gasteiger partial charge is 0.390 e. The van der Waals surface area contributed by atoms with E-state index in [1.54, 1.807) is 11.9 Å². The molecule has 0 saturated carbocycles. The predicted molar refractivity (Wildman–Crippen MR) is 83.6 cm³/mol. The van der Waals surface area contributed by atoms with Gasteiger partial charge in [-0.05, 0) is 31.3 Å². The van der Waals surface area contributed by atoms with Gasteiger partial charge in [-0.2, -0.15) is 0 Å². The Hall–Kier alpha value is -1.18. The Morgan fingerprint density at radius 3 is 2.45 bits per heavy atom. The Labute approximate surface area is 124 Å². The summed E-state index contributed by atoms with van der Waals surface area (Å²) in [6.45, 7) is 1.99. The Morgan fingerprint density at radius 1 is 1.35 bits per heavy atom. The highest BCUT2D eigenvalue weighted by Gasteiger charge is 2.39. The Bertz CT molecular complexity index is 599. The third-order valence-corrected chi connectivity index (χ3v) is 5.50. The van der Waals surface area contributed by atoms with Gasteiger partial charge in [0.2, 0.25) is 0 Å². The van der Waals surface area contributed by atoms with Gasteiger partial charge in [0.25, 0.3) is 0 Å². The molecule has 2 rings (SSSR count). The van der Waals surface area contributed by atoms with Crippen molar-refractivity contribution >= 4 is 32.9 Å². The third-order valence-electron chi connectivity index (χ3n) is 3.41. The van der Waals surface area contributed by atoms with E-state index in [0.717, 1.165) is 11.3 Å².